The first-order chi connectivity index (χ1) is 9.26. The summed E-state index contributed by atoms with van der Waals surface area (Å²) in [5.41, 5.74) is 6.51. The maximum atomic E-state index is 11.6. The summed E-state index contributed by atoms with van der Waals surface area (Å²) in [6.07, 6.45) is 2.62. The molecule has 3 N–H and O–H groups in total. The average Bonchev–Trinajstić information content (AvgIpc) is 2.79. The van der Waals surface area contributed by atoms with Crippen molar-refractivity contribution in [3.63, 3.8) is 0 Å². The Bertz CT molecular complexity index is 565. The number of nitrogens with one attached hydrogen (secondary N) is 1. The van der Waals surface area contributed by atoms with E-state index in [-0.39, 0.29) is 10.9 Å². The number of aromatic amines is 1. The predicted octanol–water partition coefficient (Wildman–Crippen LogP) is 1.17. The first-order valence-electron chi connectivity index (χ1n) is 6.19. The second-order valence-electron chi connectivity index (χ2n) is 4.06. The normalized spacial score (nSPS) is 12.5. The van der Waals surface area contributed by atoms with Crippen molar-refractivity contribution >= 4 is 11.8 Å². The van der Waals surface area contributed by atoms with Crippen LogP contribution in [-0.4, -0.2) is 26.3 Å². The highest BCUT2D eigenvalue weighted by Gasteiger charge is 2.17. The van der Waals surface area contributed by atoms with E-state index >= 15 is 0 Å². The van der Waals surface area contributed by atoms with Gasteiger partial charge in [-0.1, -0.05) is 24.8 Å². The molecule has 102 valence electrons. The molecule has 0 aliphatic rings. The van der Waals surface area contributed by atoms with E-state index in [0.29, 0.717) is 18.2 Å². The van der Waals surface area contributed by atoms with Gasteiger partial charge in [0.25, 0.3) is 0 Å². The maximum Gasteiger partial charge on any atom is 0.343 e. The van der Waals surface area contributed by atoms with Gasteiger partial charge >= 0.3 is 5.69 Å². The molecule has 0 aliphatic heterocycles. The first-order valence-corrected chi connectivity index (χ1v) is 7.07. The molecule has 0 aromatic carbocycles. The second-order valence-corrected chi connectivity index (χ2v) is 5.23. The van der Waals surface area contributed by atoms with Crippen LogP contribution >= 0.6 is 11.8 Å². The van der Waals surface area contributed by atoms with Crippen molar-refractivity contribution in [1.29, 1.82) is 0 Å². The molecule has 2 heterocycles. The van der Waals surface area contributed by atoms with Gasteiger partial charge in [-0.05, 0) is 18.6 Å². The molecule has 0 amide bonds. The molecule has 0 saturated carbocycles. The molecule has 0 radical (unpaired) electrons. The summed E-state index contributed by atoms with van der Waals surface area (Å²) < 4.78 is 1.64. The summed E-state index contributed by atoms with van der Waals surface area (Å²) in [7, 11) is 0. The van der Waals surface area contributed by atoms with Gasteiger partial charge in [0.1, 0.15) is 0 Å². The number of thioether (sulfide) groups is 1. The van der Waals surface area contributed by atoms with Crippen LogP contribution in [0, 0.1) is 0 Å². The zero-order valence-electron chi connectivity index (χ0n) is 10.7. The largest absolute Gasteiger partial charge is 0.343 e. The van der Waals surface area contributed by atoms with Gasteiger partial charge in [0.05, 0.1) is 10.9 Å². The van der Waals surface area contributed by atoms with Gasteiger partial charge in [-0.2, -0.15) is 0 Å². The van der Waals surface area contributed by atoms with Crippen molar-refractivity contribution in [3.05, 3.63) is 40.6 Å². The van der Waals surface area contributed by atoms with Crippen LogP contribution in [0.3, 0.4) is 0 Å². The Balaban J connectivity index is 2.22. The summed E-state index contributed by atoms with van der Waals surface area (Å²) in [6.45, 7) is 3.11. The lowest BCUT2D eigenvalue weighted by atomic mass is 10.3. The predicted molar refractivity (Wildman–Crippen MR) is 75.0 cm³/mol. The zero-order valence-corrected chi connectivity index (χ0v) is 11.6. The molecule has 1 atom stereocenters. The van der Waals surface area contributed by atoms with Crippen LogP contribution < -0.4 is 11.4 Å². The highest BCUT2D eigenvalue weighted by atomic mass is 32.2. The lowest BCUT2D eigenvalue weighted by Crippen LogP contribution is -2.18. The Morgan fingerprint density at radius 1 is 1.53 bits per heavy atom. The van der Waals surface area contributed by atoms with Crippen LogP contribution in [0.25, 0.3) is 0 Å². The van der Waals surface area contributed by atoms with Gasteiger partial charge in [-0.25, -0.2) is 9.89 Å². The maximum absolute atomic E-state index is 11.6. The number of hydrogen-bond donors (Lipinski definition) is 2. The fraction of sp³-hybridized carbons (Fsp3) is 0.417. The first kappa shape index (κ1) is 13.8. The number of aromatic nitrogens is 4. The fourth-order valence-electron chi connectivity index (χ4n) is 1.74. The Hall–Kier alpha value is -1.60. The van der Waals surface area contributed by atoms with Gasteiger partial charge in [-0.15, -0.1) is 5.10 Å². The number of hydrogen-bond acceptors (Lipinski definition) is 5. The molecule has 7 heteroatoms. The van der Waals surface area contributed by atoms with Crippen molar-refractivity contribution in [1.82, 2.24) is 19.7 Å². The Morgan fingerprint density at radius 3 is 3.00 bits per heavy atom. The molecular weight excluding hydrogens is 262 g/mol. The third-order valence-corrected chi connectivity index (χ3v) is 3.89. The van der Waals surface area contributed by atoms with E-state index in [1.165, 1.54) is 11.8 Å². The van der Waals surface area contributed by atoms with Gasteiger partial charge in [0.15, 0.2) is 5.16 Å². The highest BCUT2D eigenvalue weighted by molar-refractivity contribution is 7.99. The molecule has 0 aliphatic carbocycles. The van der Waals surface area contributed by atoms with Gasteiger partial charge in [0, 0.05) is 19.3 Å². The molecule has 0 fully saturated rings. The molecule has 0 bridgehead atoms. The van der Waals surface area contributed by atoms with Crippen LogP contribution in [0.2, 0.25) is 0 Å². The smallest absolute Gasteiger partial charge is 0.329 e. The van der Waals surface area contributed by atoms with Crippen LogP contribution in [0.1, 0.15) is 24.3 Å². The summed E-state index contributed by atoms with van der Waals surface area (Å²) in [5, 5.41) is 7.18. The molecule has 19 heavy (non-hydrogen) atoms. The number of pyridine rings is 1. The Labute approximate surface area is 115 Å². The second kappa shape index (κ2) is 6.53. The van der Waals surface area contributed by atoms with Crippen molar-refractivity contribution in [2.24, 2.45) is 5.73 Å². The molecule has 0 spiro atoms. The minimum atomic E-state index is -0.179. The molecule has 2 aromatic heterocycles. The summed E-state index contributed by atoms with van der Waals surface area (Å²) >= 11 is 1.46. The average molecular weight is 279 g/mol. The summed E-state index contributed by atoms with van der Waals surface area (Å²) in [4.78, 5) is 15.9. The van der Waals surface area contributed by atoms with Gasteiger partial charge in [0.2, 0.25) is 0 Å². The van der Waals surface area contributed by atoms with Crippen LogP contribution in [-0.2, 0) is 6.54 Å². The van der Waals surface area contributed by atoms with Crippen molar-refractivity contribution in [2.75, 3.05) is 6.54 Å². The zero-order chi connectivity index (χ0) is 13.7. The molecule has 2 aromatic rings. The number of H-pyrrole nitrogens is 1. The van der Waals surface area contributed by atoms with E-state index in [0.717, 1.165) is 12.1 Å². The summed E-state index contributed by atoms with van der Waals surface area (Å²) in [5.74, 6) is 0. The van der Waals surface area contributed by atoms with E-state index in [1.807, 2.05) is 25.1 Å². The monoisotopic (exact) mass is 279 g/mol. The summed E-state index contributed by atoms with van der Waals surface area (Å²) in [6, 6.07) is 5.72. The minimum Gasteiger partial charge on any atom is -0.329 e. The number of nitrogens with zero attached hydrogens (tertiary/aromatic N) is 3. The minimum absolute atomic E-state index is 0.00740. The van der Waals surface area contributed by atoms with Crippen molar-refractivity contribution in [2.45, 2.75) is 30.3 Å². The number of nitrogens with two attached hydrogens (primary N) is 1. The van der Waals surface area contributed by atoms with E-state index in [9.17, 15) is 4.79 Å². The Kier molecular flexibility index (Phi) is 4.75. The van der Waals surface area contributed by atoms with Crippen LogP contribution in [0.4, 0.5) is 0 Å². The number of rotatable bonds is 6. The third kappa shape index (κ3) is 3.24. The molecule has 0 saturated heterocycles. The quantitative estimate of drug-likeness (QED) is 0.775. The van der Waals surface area contributed by atoms with Crippen LogP contribution in [0.15, 0.2) is 34.3 Å². The Morgan fingerprint density at radius 2 is 2.37 bits per heavy atom. The highest BCUT2D eigenvalue weighted by Crippen LogP contribution is 2.31. The fourth-order valence-corrected chi connectivity index (χ4v) is 2.75. The van der Waals surface area contributed by atoms with E-state index < -0.39 is 0 Å². The van der Waals surface area contributed by atoms with Crippen molar-refractivity contribution in [3.8, 4) is 0 Å². The molecule has 2 rings (SSSR count). The van der Waals surface area contributed by atoms with E-state index in [4.69, 9.17) is 5.73 Å². The topological polar surface area (TPSA) is 89.6 Å². The van der Waals surface area contributed by atoms with Crippen molar-refractivity contribution < 1.29 is 0 Å². The van der Waals surface area contributed by atoms with Crippen LogP contribution in [0.5, 0.6) is 0 Å². The van der Waals surface area contributed by atoms with Gasteiger partial charge < -0.3 is 5.73 Å². The SMILES string of the molecule is CCCn1c(SC(CN)c2ccccn2)n[nH]c1=O. The molecular formula is C12H17N5OS. The van der Waals surface area contributed by atoms with Gasteiger partial charge in [-0.3, -0.25) is 9.55 Å². The van der Waals surface area contributed by atoms with E-state index in [1.54, 1.807) is 10.8 Å². The molecule has 6 nitrogen and oxygen atoms in total. The third-order valence-electron chi connectivity index (χ3n) is 2.65. The molecule has 1 unspecified atom stereocenters. The standard InChI is InChI=1S/C12H17N5OS/c1-2-7-17-11(18)15-16-12(17)19-10(8-13)9-5-3-4-6-14-9/h3-6,10H,2,7-8,13H2,1H3,(H,15,18). The van der Waals surface area contributed by atoms with E-state index in [2.05, 4.69) is 15.2 Å². The lowest BCUT2D eigenvalue weighted by molar-refractivity contribution is 0.602. The lowest BCUT2D eigenvalue weighted by Gasteiger charge is -2.13.